The van der Waals surface area contributed by atoms with Gasteiger partial charge >= 0.3 is 0 Å². The fourth-order valence-corrected chi connectivity index (χ4v) is 4.04. The molecule has 0 aliphatic heterocycles. The Labute approximate surface area is 165 Å². The number of nitrogens with one attached hydrogen (secondary N) is 2. The Morgan fingerprint density at radius 1 is 1.19 bits per heavy atom. The van der Waals surface area contributed by atoms with Gasteiger partial charge in [0.25, 0.3) is 0 Å². The molecule has 0 saturated carbocycles. The molecule has 0 radical (unpaired) electrons. The summed E-state index contributed by atoms with van der Waals surface area (Å²) in [6, 6.07) is 13.4. The van der Waals surface area contributed by atoms with Gasteiger partial charge in [0, 0.05) is 16.4 Å². The van der Waals surface area contributed by atoms with E-state index in [1.165, 1.54) is 28.7 Å². The number of hydrogen-bond acceptors (Lipinski definition) is 6. The Kier molecular flexibility index (Phi) is 6.13. The lowest BCUT2D eigenvalue weighted by Gasteiger charge is -2.07. The molecule has 1 heterocycles. The summed E-state index contributed by atoms with van der Waals surface area (Å²) in [5.41, 5.74) is 3.83. The van der Waals surface area contributed by atoms with Gasteiger partial charge in [-0.3, -0.25) is 4.79 Å². The van der Waals surface area contributed by atoms with Crippen molar-refractivity contribution in [3.8, 4) is 0 Å². The summed E-state index contributed by atoms with van der Waals surface area (Å²) in [5, 5.41) is 15.7. The van der Waals surface area contributed by atoms with Crippen LogP contribution in [0.15, 0.2) is 46.8 Å². The normalized spacial score (nSPS) is 10.6. The van der Waals surface area contributed by atoms with Crippen LogP contribution in [-0.2, 0) is 4.79 Å². The highest BCUT2D eigenvalue weighted by atomic mass is 35.5. The van der Waals surface area contributed by atoms with Gasteiger partial charge in [0.15, 0.2) is 4.34 Å². The van der Waals surface area contributed by atoms with Crippen LogP contribution in [0.4, 0.5) is 16.5 Å². The minimum atomic E-state index is -0.0937. The molecule has 8 heteroatoms. The standard InChI is InChI=1S/C18H17ClN4OS2/c1-11-4-3-5-14(8-11)20-17-22-23-18(26-17)25-10-16(24)21-15-7-6-13(19)9-12(15)2/h3-9H,10H2,1-2H3,(H,20,22)(H,21,24). The number of carbonyl (C=O) groups excluding carboxylic acids is 1. The summed E-state index contributed by atoms with van der Waals surface area (Å²) in [5.74, 6) is 0.171. The number of nitrogens with zero attached hydrogens (tertiary/aromatic N) is 2. The van der Waals surface area contributed by atoms with Crippen LogP contribution < -0.4 is 10.6 Å². The number of rotatable bonds is 6. The van der Waals surface area contributed by atoms with E-state index in [9.17, 15) is 4.79 Å². The van der Waals surface area contributed by atoms with Crippen LogP contribution in [0.2, 0.25) is 5.02 Å². The number of carbonyl (C=O) groups is 1. The van der Waals surface area contributed by atoms with E-state index in [2.05, 4.69) is 20.8 Å². The second kappa shape index (κ2) is 8.53. The zero-order valence-electron chi connectivity index (χ0n) is 14.2. The highest BCUT2D eigenvalue weighted by Gasteiger charge is 2.10. The summed E-state index contributed by atoms with van der Waals surface area (Å²) < 4.78 is 0.739. The molecule has 0 spiro atoms. The van der Waals surface area contributed by atoms with Crippen LogP contribution in [0.1, 0.15) is 11.1 Å². The Balaban J connectivity index is 1.53. The first-order chi connectivity index (χ1) is 12.5. The van der Waals surface area contributed by atoms with Crippen LogP contribution in [-0.4, -0.2) is 21.9 Å². The van der Waals surface area contributed by atoms with Gasteiger partial charge in [0.1, 0.15) is 0 Å². The lowest BCUT2D eigenvalue weighted by molar-refractivity contribution is -0.113. The maximum atomic E-state index is 12.1. The predicted molar refractivity (Wildman–Crippen MR) is 110 cm³/mol. The first-order valence-corrected chi connectivity index (χ1v) is 10.0. The maximum absolute atomic E-state index is 12.1. The third-order valence-electron chi connectivity index (χ3n) is 3.47. The van der Waals surface area contributed by atoms with Crippen LogP contribution >= 0.6 is 34.7 Å². The van der Waals surface area contributed by atoms with Gasteiger partial charge in [-0.25, -0.2) is 0 Å². The zero-order chi connectivity index (χ0) is 18.5. The van der Waals surface area contributed by atoms with Crippen molar-refractivity contribution in [2.24, 2.45) is 0 Å². The molecular weight excluding hydrogens is 388 g/mol. The van der Waals surface area contributed by atoms with Crippen LogP contribution in [0.3, 0.4) is 0 Å². The fraction of sp³-hybridized carbons (Fsp3) is 0.167. The van der Waals surface area contributed by atoms with E-state index >= 15 is 0 Å². The molecule has 3 rings (SSSR count). The Bertz CT molecular complexity index is 929. The Hall–Kier alpha value is -2.09. The third kappa shape index (κ3) is 5.20. The number of benzene rings is 2. The minimum absolute atomic E-state index is 0.0937. The van der Waals surface area contributed by atoms with E-state index in [4.69, 9.17) is 11.6 Å². The van der Waals surface area contributed by atoms with Crippen molar-refractivity contribution in [1.82, 2.24) is 10.2 Å². The smallest absolute Gasteiger partial charge is 0.234 e. The van der Waals surface area contributed by atoms with Crippen LogP contribution in [0.25, 0.3) is 0 Å². The summed E-state index contributed by atoms with van der Waals surface area (Å²) in [4.78, 5) is 12.1. The average molecular weight is 405 g/mol. The fourth-order valence-electron chi connectivity index (χ4n) is 2.25. The summed E-state index contributed by atoms with van der Waals surface area (Å²) >= 11 is 8.70. The summed E-state index contributed by atoms with van der Waals surface area (Å²) in [7, 11) is 0. The van der Waals surface area contributed by atoms with Gasteiger partial charge in [-0.15, -0.1) is 10.2 Å². The van der Waals surface area contributed by atoms with E-state index in [1.54, 1.807) is 12.1 Å². The molecule has 2 N–H and O–H groups in total. The number of thioether (sulfide) groups is 1. The molecule has 2 aromatic carbocycles. The number of aryl methyl sites for hydroxylation is 2. The molecule has 0 saturated heterocycles. The van der Waals surface area contributed by atoms with Crippen molar-refractivity contribution in [1.29, 1.82) is 0 Å². The largest absolute Gasteiger partial charge is 0.330 e. The summed E-state index contributed by atoms with van der Waals surface area (Å²) in [6.45, 7) is 3.94. The number of amides is 1. The quantitative estimate of drug-likeness (QED) is 0.547. The van der Waals surface area contributed by atoms with E-state index in [0.717, 1.165) is 21.3 Å². The molecule has 0 bridgehead atoms. The van der Waals surface area contributed by atoms with E-state index in [0.29, 0.717) is 10.2 Å². The first-order valence-electron chi connectivity index (χ1n) is 7.85. The van der Waals surface area contributed by atoms with Gasteiger partial charge in [-0.1, -0.05) is 46.8 Å². The van der Waals surface area contributed by atoms with Crippen molar-refractivity contribution in [2.75, 3.05) is 16.4 Å². The van der Waals surface area contributed by atoms with Crippen molar-refractivity contribution in [2.45, 2.75) is 18.2 Å². The van der Waals surface area contributed by atoms with Crippen LogP contribution in [0, 0.1) is 13.8 Å². The van der Waals surface area contributed by atoms with Crippen LogP contribution in [0.5, 0.6) is 0 Å². The van der Waals surface area contributed by atoms with Crippen molar-refractivity contribution < 1.29 is 4.79 Å². The molecule has 5 nitrogen and oxygen atoms in total. The van der Waals surface area contributed by atoms with Gasteiger partial charge in [-0.05, 0) is 55.3 Å². The lowest BCUT2D eigenvalue weighted by Crippen LogP contribution is -2.14. The molecule has 0 unspecified atom stereocenters. The van der Waals surface area contributed by atoms with E-state index in [-0.39, 0.29) is 11.7 Å². The topological polar surface area (TPSA) is 66.9 Å². The first kappa shape index (κ1) is 18.7. The van der Waals surface area contributed by atoms with Gasteiger partial charge in [-0.2, -0.15) is 0 Å². The van der Waals surface area contributed by atoms with Gasteiger partial charge in [0.2, 0.25) is 11.0 Å². The number of halogens is 1. The molecule has 1 aromatic heterocycles. The molecule has 0 fully saturated rings. The van der Waals surface area contributed by atoms with E-state index < -0.39 is 0 Å². The lowest BCUT2D eigenvalue weighted by atomic mass is 10.2. The number of anilines is 3. The van der Waals surface area contributed by atoms with Crippen molar-refractivity contribution >= 4 is 57.1 Å². The SMILES string of the molecule is Cc1cccc(Nc2nnc(SCC(=O)Nc3ccc(Cl)cc3C)s2)c1. The Morgan fingerprint density at radius 2 is 2.04 bits per heavy atom. The molecule has 134 valence electrons. The second-order valence-corrected chi connectivity index (χ2v) is 8.30. The molecule has 0 aliphatic rings. The van der Waals surface area contributed by atoms with E-state index in [1.807, 2.05) is 44.2 Å². The zero-order valence-corrected chi connectivity index (χ0v) is 16.6. The van der Waals surface area contributed by atoms with Gasteiger partial charge < -0.3 is 10.6 Å². The minimum Gasteiger partial charge on any atom is -0.330 e. The molecule has 0 atom stereocenters. The highest BCUT2D eigenvalue weighted by Crippen LogP contribution is 2.28. The summed E-state index contributed by atoms with van der Waals surface area (Å²) in [6.07, 6.45) is 0. The van der Waals surface area contributed by atoms with Crippen molar-refractivity contribution in [3.05, 3.63) is 58.6 Å². The highest BCUT2D eigenvalue weighted by molar-refractivity contribution is 8.01. The monoisotopic (exact) mass is 404 g/mol. The molecule has 26 heavy (non-hydrogen) atoms. The third-order valence-corrected chi connectivity index (χ3v) is 5.67. The predicted octanol–water partition coefficient (Wildman–Crippen LogP) is 5.28. The Morgan fingerprint density at radius 3 is 2.81 bits per heavy atom. The van der Waals surface area contributed by atoms with Crippen molar-refractivity contribution in [3.63, 3.8) is 0 Å². The second-order valence-electron chi connectivity index (χ2n) is 5.66. The number of aromatic nitrogens is 2. The molecule has 3 aromatic rings. The molecular formula is C18H17ClN4OS2. The average Bonchev–Trinajstić information content (AvgIpc) is 3.03. The number of hydrogen-bond donors (Lipinski definition) is 2. The molecule has 0 aliphatic carbocycles. The van der Waals surface area contributed by atoms with Gasteiger partial charge in [0.05, 0.1) is 5.75 Å². The molecule has 1 amide bonds. The maximum Gasteiger partial charge on any atom is 0.234 e.